The molecule has 6 fully saturated rings. The molecule has 23 atom stereocenters. The highest BCUT2D eigenvalue weighted by molar-refractivity contribution is 7.47. The van der Waals surface area contributed by atoms with Gasteiger partial charge in [0.05, 0.1) is 114 Å². The minimum atomic E-state index is -5.00. The molecule has 476 valence electrons. The minimum Gasteiger partial charge on any atom is -0.394 e. The van der Waals surface area contributed by atoms with Crippen LogP contribution in [0.4, 0.5) is 0 Å². The Kier molecular flexibility index (Phi) is 26.7. The van der Waals surface area contributed by atoms with Gasteiger partial charge in [0.2, 0.25) is 17.7 Å². The molecule has 6 aliphatic heterocycles. The fourth-order valence-corrected chi connectivity index (χ4v) is 13.0. The molecule has 6 aliphatic rings. The molecule has 0 saturated carbocycles. The quantitative estimate of drug-likeness (QED) is 0.0244. The Labute approximate surface area is 475 Å². The third-order valence-electron chi connectivity index (χ3n) is 15.9. The Morgan fingerprint density at radius 2 is 0.805 bits per heavy atom. The number of ether oxygens (including phenoxy) is 7. The van der Waals surface area contributed by atoms with Crippen molar-refractivity contribution in [1.82, 2.24) is 14.7 Å². The molecule has 0 aromatic rings. The van der Waals surface area contributed by atoms with Gasteiger partial charge in [0.1, 0.15) is 36.6 Å². The maximum absolute atomic E-state index is 13.9. The Morgan fingerprint density at radius 3 is 1.13 bits per heavy atom. The fraction of sp³-hybridized carbons (Fsp3) is 0.939. The molecule has 33 heteroatoms. The van der Waals surface area contributed by atoms with Gasteiger partial charge in [-0.3, -0.25) is 32.5 Å². The number of carbonyl (C=O) groups excluding carboxylic acids is 3. The van der Waals surface area contributed by atoms with Crippen molar-refractivity contribution in [2.24, 2.45) is 17.8 Å². The minimum absolute atomic E-state index is 0.00525. The molecule has 0 bridgehead atoms. The highest BCUT2D eigenvalue weighted by Gasteiger charge is 2.47. The van der Waals surface area contributed by atoms with Gasteiger partial charge in [-0.25, -0.2) is 9.13 Å². The average Bonchev–Trinajstić information content (AvgIpc) is 4.26. The Bertz CT molecular complexity index is 2110. The average molecular weight is 1230 g/mol. The van der Waals surface area contributed by atoms with Gasteiger partial charge in [-0.05, 0) is 38.5 Å². The van der Waals surface area contributed by atoms with E-state index in [0.29, 0.717) is 0 Å². The van der Waals surface area contributed by atoms with Crippen molar-refractivity contribution < 1.29 is 136 Å². The first-order valence-corrected chi connectivity index (χ1v) is 30.9. The lowest BCUT2D eigenvalue weighted by molar-refractivity contribution is -0.282. The summed E-state index contributed by atoms with van der Waals surface area (Å²) in [5.74, 6) is -3.33. The number of hydrogen-bond acceptors (Lipinski definition) is 26. The molecule has 0 aromatic heterocycles. The second kappa shape index (κ2) is 31.7. The van der Waals surface area contributed by atoms with E-state index >= 15 is 0 Å². The van der Waals surface area contributed by atoms with Crippen molar-refractivity contribution >= 4 is 33.4 Å². The van der Waals surface area contributed by atoms with E-state index in [1.54, 1.807) is 20.8 Å². The molecule has 10 unspecified atom stereocenters. The molecule has 0 aliphatic carbocycles. The van der Waals surface area contributed by atoms with Crippen molar-refractivity contribution in [3.05, 3.63) is 0 Å². The van der Waals surface area contributed by atoms with Gasteiger partial charge in [0.15, 0.2) is 18.9 Å². The van der Waals surface area contributed by atoms with E-state index in [9.17, 15) is 84.4 Å². The Morgan fingerprint density at radius 1 is 0.488 bits per heavy atom. The van der Waals surface area contributed by atoms with Gasteiger partial charge in [-0.1, -0.05) is 20.8 Å². The zero-order chi connectivity index (χ0) is 60.2. The summed E-state index contributed by atoms with van der Waals surface area (Å²) in [6.07, 6.45) is -17.1. The largest absolute Gasteiger partial charge is 0.472 e. The normalized spacial score (nSPS) is 38.7. The molecule has 12 N–H and O–H groups in total. The van der Waals surface area contributed by atoms with Crippen molar-refractivity contribution in [3.8, 4) is 0 Å². The number of β-amino-alcohol motifs (C(OH)–C–C–N with tert-alkyl or cyclic N) is 1. The molecular weight excluding hydrogens is 1140 g/mol. The third kappa shape index (κ3) is 18.5. The SMILES string of the molecule is COC[C@@H]1CC(OP(=O)(O)OC[C@@H]2CC(OP(=O)(O)OC[C@@H]3C[C@@H](O)CN3C(=O)CCCO[C@@H]3OC(CO)[C@H](O)[C@H](O)C3C)CN2C(=O)CCCO[C@@H]2OC(CO)[C@H](O)[C@H](O)C2C)CN1C(=O)CCCO[C@@H]1OC(CO)[C@H](O)[C@H](O)C1C. The number of amides is 3. The number of aliphatic hydroxyl groups excluding tert-OH is 10. The molecule has 6 heterocycles. The van der Waals surface area contributed by atoms with Gasteiger partial charge in [-0.15, -0.1) is 0 Å². The molecule has 0 aromatic carbocycles. The van der Waals surface area contributed by atoms with Crippen LogP contribution < -0.4 is 0 Å². The molecule has 6 saturated heterocycles. The molecule has 31 nitrogen and oxygen atoms in total. The van der Waals surface area contributed by atoms with Crippen molar-refractivity contribution in [1.29, 1.82) is 0 Å². The van der Waals surface area contributed by atoms with E-state index < -0.39 is 188 Å². The van der Waals surface area contributed by atoms with Gasteiger partial charge < -0.3 is 109 Å². The number of rotatable bonds is 30. The second-order valence-corrected chi connectivity index (χ2v) is 24.8. The van der Waals surface area contributed by atoms with Crippen LogP contribution >= 0.6 is 15.6 Å². The van der Waals surface area contributed by atoms with Crippen LogP contribution in [0.15, 0.2) is 0 Å². The molecule has 0 spiro atoms. The second-order valence-electron chi connectivity index (χ2n) is 22.0. The van der Waals surface area contributed by atoms with Gasteiger partial charge in [-0.2, -0.15) is 0 Å². The lowest BCUT2D eigenvalue weighted by Gasteiger charge is -2.40. The highest BCUT2D eigenvalue weighted by Crippen LogP contribution is 2.50. The molecule has 3 amide bonds. The van der Waals surface area contributed by atoms with Crippen molar-refractivity contribution in [2.45, 2.75) is 189 Å². The summed E-state index contributed by atoms with van der Waals surface area (Å²) in [5.41, 5.74) is 0. The molecule has 82 heavy (non-hydrogen) atoms. The Hall–Kier alpha value is -2.05. The Balaban J connectivity index is 1.02. The molecular formula is C49H87N3O28P2. The van der Waals surface area contributed by atoms with Crippen LogP contribution in [0, 0.1) is 17.8 Å². The van der Waals surface area contributed by atoms with Gasteiger partial charge in [0.25, 0.3) is 0 Å². The topological polar surface area (TPSA) is 439 Å². The number of likely N-dealkylation sites (tertiary alicyclic amines) is 3. The summed E-state index contributed by atoms with van der Waals surface area (Å²) >= 11 is 0. The number of phosphoric ester groups is 2. The van der Waals surface area contributed by atoms with Crippen LogP contribution in [-0.4, -0.2) is 290 Å². The zero-order valence-electron chi connectivity index (χ0n) is 46.6. The lowest BCUT2D eigenvalue weighted by atomic mass is 9.92. The van der Waals surface area contributed by atoms with E-state index in [4.69, 9.17) is 51.3 Å². The molecule has 0 radical (unpaired) electrons. The summed E-state index contributed by atoms with van der Waals surface area (Å²) in [5, 5.41) is 101. The zero-order valence-corrected chi connectivity index (χ0v) is 48.4. The van der Waals surface area contributed by atoms with Crippen LogP contribution in [0.25, 0.3) is 0 Å². The van der Waals surface area contributed by atoms with Crippen molar-refractivity contribution in [3.63, 3.8) is 0 Å². The van der Waals surface area contributed by atoms with Crippen LogP contribution in [0.5, 0.6) is 0 Å². The predicted molar refractivity (Wildman–Crippen MR) is 276 cm³/mol. The summed E-state index contributed by atoms with van der Waals surface area (Å²) in [6.45, 7) is 1.31. The standard InChI is InChI=1S/C49H87N3O28P2/c1-26-41(60)44(63)35(20-53)76-47(26)71-11-5-8-38(57)50-17-32(56)14-29(50)24-74-81(66,67)80-34-16-31(52(19-34)40(59)10-7-13-73-49-28(3)43(62)46(65)37(22-55)78-49)25-75-82(68,69)79-33-15-30(23-70-4)51(18-33)39(58)9-6-12-72-48-27(2)42(61)45(64)36(21-54)77-48/h26-37,41-49,53-56,60-65H,5-25H2,1-4H3,(H,66,67)(H,68,69)/t26?,27?,28?,29-,30-,31-,32+,33?,34?,35?,36?,37?,41+,42+,43+,44-,45-,46-,47+,48+,49+/m0/s1. The van der Waals surface area contributed by atoms with E-state index in [1.807, 2.05) is 0 Å². The third-order valence-corrected chi connectivity index (χ3v) is 18.0. The van der Waals surface area contributed by atoms with E-state index in [1.165, 1.54) is 21.8 Å². The number of methoxy groups -OCH3 is 1. The first-order valence-electron chi connectivity index (χ1n) is 27.9. The first kappa shape index (κ1) is 69.1. The number of nitrogens with zero attached hydrogens (tertiary/aromatic N) is 3. The summed E-state index contributed by atoms with van der Waals surface area (Å²) in [6, 6.07) is -2.48. The van der Waals surface area contributed by atoms with Crippen LogP contribution in [0.3, 0.4) is 0 Å². The van der Waals surface area contributed by atoms with E-state index in [-0.39, 0.29) is 110 Å². The maximum Gasteiger partial charge on any atom is 0.472 e. The van der Waals surface area contributed by atoms with Crippen LogP contribution in [0.2, 0.25) is 0 Å². The van der Waals surface area contributed by atoms with Crippen LogP contribution in [-0.2, 0) is 74.8 Å². The van der Waals surface area contributed by atoms with E-state index in [2.05, 4.69) is 0 Å². The lowest BCUT2D eigenvalue weighted by Crippen LogP contribution is -2.55. The predicted octanol–water partition coefficient (Wildman–Crippen LogP) is -3.58. The first-order chi connectivity index (χ1) is 38.8. The summed E-state index contributed by atoms with van der Waals surface area (Å²) in [7, 11) is -8.55. The summed E-state index contributed by atoms with van der Waals surface area (Å²) in [4.78, 5) is 66.7. The highest BCUT2D eigenvalue weighted by atomic mass is 31.2. The summed E-state index contributed by atoms with van der Waals surface area (Å²) < 4.78 is 88.4. The van der Waals surface area contributed by atoms with Crippen molar-refractivity contribution in [2.75, 3.05) is 86.2 Å². The van der Waals surface area contributed by atoms with Gasteiger partial charge in [0, 0.05) is 63.8 Å². The fourth-order valence-electron chi connectivity index (χ4n) is 11.1. The van der Waals surface area contributed by atoms with Crippen LogP contribution in [0.1, 0.15) is 78.6 Å². The monoisotopic (exact) mass is 1230 g/mol. The number of aliphatic hydroxyl groups is 10. The molecule has 6 rings (SSSR count). The number of hydrogen-bond donors (Lipinski definition) is 12. The number of phosphoric acid groups is 2. The maximum atomic E-state index is 13.9. The van der Waals surface area contributed by atoms with E-state index in [0.717, 1.165) is 0 Å². The smallest absolute Gasteiger partial charge is 0.394 e. The van der Waals surface area contributed by atoms with Gasteiger partial charge >= 0.3 is 15.6 Å². The number of carbonyl (C=O) groups is 3.